The lowest BCUT2D eigenvalue weighted by molar-refractivity contribution is 0.891. The normalized spacial score (nSPS) is 10.0. The number of nitrogens with two attached hydrogens (primary N) is 1. The summed E-state index contributed by atoms with van der Waals surface area (Å²) in [7, 11) is 1.89. The molecular weight excluding hydrogens is 264 g/mol. The number of nitrogens with one attached hydrogen (secondary N) is 1. The van der Waals surface area contributed by atoms with Crippen LogP contribution in [0.25, 0.3) is 0 Å². The number of hydrogen-bond acceptors (Lipinski definition) is 6. The molecule has 1 aromatic heterocycles. The lowest BCUT2D eigenvalue weighted by Gasteiger charge is -2.23. The van der Waals surface area contributed by atoms with Gasteiger partial charge in [-0.15, -0.1) is 0 Å². The van der Waals surface area contributed by atoms with Crippen LogP contribution < -0.4 is 16.2 Å². The first kappa shape index (κ1) is 14.8. The lowest BCUT2D eigenvalue weighted by Crippen LogP contribution is -2.18. The Morgan fingerprint density at radius 2 is 2.10 bits per heavy atom. The third kappa shape index (κ3) is 2.93. The predicted octanol–water partition coefficient (Wildman–Crippen LogP) is 2.35. The molecule has 0 saturated carbocycles. The SMILES string of the molecule is CCCc1c(NN)ncnc1N(C)c1ccccc1C#N. The highest BCUT2D eigenvalue weighted by Gasteiger charge is 2.16. The van der Waals surface area contributed by atoms with Crippen LogP contribution in [0.15, 0.2) is 30.6 Å². The number of nitrogen functional groups attached to an aromatic ring is 1. The number of nitriles is 1. The summed E-state index contributed by atoms with van der Waals surface area (Å²) in [6.45, 7) is 2.08. The Hall–Kier alpha value is -2.65. The van der Waals surface area contributed by atoms with Crippen LogP contribution in [0.5, 0.6) is 0 Å². The van der Waals surface area contributed by atoms with Crippen molar-refractivity contribution in [3.05, 3.63) is 41.7 Å². The Morgan fingerprint density at radius 3 is 2.76 bits per heavy atom. The zero-order chi connectivity index (χ0) is 15.2. The molecule has 6 heteroatoms. The summed E-state index contributed by atoms with van der Waals surface area (Å²) in [5, 5.41) is 9.25. The number of hydrazine groups is 1. The topological polar surface area (TPSA) is 90.9 Å². The molecule has 3 N–H and O–H groups in total. The van der Waals surface area contributed by atoms with Gasteiger partial charge in [-0.3, -0.25) is 0 Å². The third-order valence-corrected chi connectivity index (χ3v) is 3.26. The van der Waals surface area contributed by atoms with Gasteiger partial charge in [0.05, 0.1) is 11.3 Å². The number of benzene rings is 1. The largest absolute Gasteiger partial charge is 0.328 e. The van der Waals surface area contributed by atoms with Gasteiger partial charge in [0, 0.05) is 12.6 Å². The summed E-state index contributed by atoms with van der Waals surface area (Å²) in [6.07, 6.45) is 3.22. The number of hydrogen-bond donors (Lipinski definition) is 2. The number of nitrogens with zero attached hydrogens (tertiary/aromatic N) is 4. The molecule has 0 aliphatic rings. The molecular formula is C15H18N6. The minimum absolute atomic E-state index is 0.600. The molecule has 0 spiro atoms. The molecule has 2 aromatic rings. The molecule has 0 saturated heterocycles. The van der Waals surface area contributed by atoms with Gasteiger partial charge in [-0.05, 0) is 18.6 Å². The summed E-state index contributed by atoms with van der Waals surface area (Å²) >= 11 is 0. The van der Waals surface area contributed by atoms with Gasteiger partial charge in [-0.1, -0.05) is 25.5 Å². The molecule has 0 unspecified atom stereocenters. The van der Waals surface area contributed by atoms with Crippen molar-refractivity contribution in [3.8, 4) is 6.07 Å². The van der Waals surface area contributed by atoms with Gasteiger partial charge in [0.15, 0.2) is 0 Å². The molecule has 0 fully saturated rings. The average Bonchev–Trinajstić information content (AvgIpc) is 2.54. The van der Waals surface area contributed by atoms with Crippen molar-refractivity contribution in [1.82, 2.24) is 9.97 Å². The molecule has 0 amide bonds. The fourth-order valence-electron chi connectivity index (χ4n) is 2.27. The minimum Gasteiger partial charge on any atom is -0.328 e. The monoisotopic (exact) mass is 282 g/mol. The van der Waals surface area contributed by atoms with Crippen LogP contribution >= 0.6 is 0 Å². The van der Waals surface area contributed by atoms with Crippen molar-refractivity contribution in [1.29, 1.82) is 5.26 Å². The predicted molar refractivity (Wildman–Crippen MR) is 83.1 cm³/mol. The van der Waals surface area contributed by atoms with Crippen LogP contribution in [0.4, 0.5) is 17.3 Å². The summed E-state index contributed by atoms with van der Waals surface area (Å²) in [4.78, 5) is 10.4. The maximum Gasteiger partial charge on any atom is 0.148 e. The first-order valence-electron chi connectivity index (χ1n) is 6.76. The second-order valence-corrected chi connectivity index (χ2v) is 4.61. The lowest BCUT2D eigenvalue weighted by atomic mass is 10.1. The number of rotatable bonds is 5. The molecule has 6 nitrogen and oxygen atoms in total. The van der Waals surface area contributed by atoms with E-state index in [4.69, 9.17) is 5.84 Å². The Labute approximate surface area is 124 Å². The number of para-hydroxylation sites is 1. The second-order valence-electron chi connectivity index (χ2n) is 4.61. The molecule has 0 radical (unpaired) electrons. The first-order valence-corrected chi connectivity index (χ1v) is 6.76. The molecule has 21 heavy (non-hydrogen) atoms. The molecule has 1 aromatic carbocycles. The Morgan fingerprint density at radius 1 is 1.33 bits per heavy atom. The van der Waals surface area contributed by atoms with Gasteiger partial charge in [0.1, 0.15) is 24.0 Å². The second kappa shape index (κ2) is 6.68. The summed E-state index contributed by atoms with van der Waals surface area (Å²) < 4.78 is 0. The van der Waals surface area contributed by atoms with E-state index in [2.05, 4.69) is 28.4 Å². The van der Waals surface area contributed by atoms with E-state index in [1.807, 2.05) is 30.1 Å². The highest BCUT2D eigenvalue weighted by atomic mass is 15.3. The Bertz CT molecular complexity index is 661. The van der Waals surface area contributed by atoms with E-state index in [1.54, 1.807) is 6.07 Å². The smallest absolute Gasteiger partial charge is 0.148 e. The summed E-state index contributed by atoms with van der Waals surface area (Å²) in [5.74, 6) is 6.90. The van der Waals surface area contributed by atoms with Gasteiger partial charge in [0.2, 0.25) is 0 Å². The van der Waals surface area contributed by atoms with E-state index in [1.165, 1.54) is 6.33 Å². The molecule has 0 atom stereocenters. The van der Waals surface area contributed by atoms with Crippen LogP contribution in [0, 0.1) is 11.3 Å². The quantitative estimate of drug-likeness (QED) is 0.646. The van der Waals surface area contributed by atoms with Crippen LogP contribution in [0.2, 0.25) is 0 Å². The van der Waals surface area contributed by atoms with Gasteiger partial charge < -0.3 is 10.3 Å². The van der Waals surface area contributed by atoms with Crippen LogP contribution in [0.1, 0.15) is 24.5 Å². The first-order chi connectivity index (χ1) is 10.2. The van der Waals surface area contributed by atoms with Crippen molar-refractivity contribution < 1.29 is 0 Å². The summed E-state index contributed by atoms with van der Waals surface area (Å²) in [6, 6.07) is 9.62. The van der Waals surface area contributed by atoms with Gasteiger partial charge in [-0.25, -0.2) is 15.8 Å². The van der Waals surface area contributed by atoms with E-state index >= 15 is 0 Å². The number of anilines is 3. The fraction of sp³-hybridized carbons (Fsp3) is 0.267. The van der Waals surface area contributed by atoms with E-state index in [0.717, 1.165) is 29.9 Å². The molecule has 0 aliphatic carbocycles. The van der Waals surface area contributed by atoms with E-state index in [0.29, 0.717) is 11.4 Å². The van der Waals surface area contributed by atoms with Crippen molar-refractivity contribution >= 4 is 17.3 Å². The van der Waals surface area contributed by atoms with Crippen molar-refractivity contribution in [2.45, 2.75) is 19.8 Å². The van der Waals surface area contributed by atoms with Gasteiger partial charge in [-0.2, -0.15) is 5.26 Å². The number of aromatic nitrogens is 2. The zero-order valence-electron chi connectivity index (χ0n) is 12.2. The van der Waals surface area contributed by atoms with E-state index in [-0.39, 0.29) is 0 Å². The molecule has 0 bridgehead atoms. The maximum absolute atomic E-state index is 9.25. The zero-order valence-corrected chi connectivity index (χ0v) is 12.2. The maximum atomic E-state index is 9.25. The standard InChI is InChI=1S/C15H18N6/c1-3-6-12-14(20-17)18-10-19-15(12)21(2)13-8-5-4-7-11(13)9-16/h4-5,7-8,10H,3,6,17H2,1-2H3,(H,18,19,20). The van der Waals surface area contributed by atoms with Crippen LogP contribution in [-0.4, -0.2) is 17.0 Å². The fourth-order valence-corrected chi connectivity index (χ4v) is 2.27. The van der Waals surface area contributed by atoms with Crippen molar-refractivity contribution in [3.63, 3.8) is 0 Å². The van der Waals surface area contributed by atoms with Crippen molar-refractivity contribution in [2.24, 2.45) is 5.84 Å². The van der Waals surface area contributed by atoms with Crippen LogP contribution in [0.3, 0.4) is 0 Å². The molecule has 1 heterocycles. The molecule has 108 valence electrons. The molecule has 2 rings (SSSR count). The third-order valence-electron chi connectivity index (χ3n) is 3.26. The van der Waals surface area contributed by atoms with E-state index in [9.17, 15) is 5.26 Å². The van der Waals surface area contributed by atoms with Crippen molar-refractivity contribution in [2.75, 3.05) is 17.4 Å². The minimum atomic E-state index is 0.600. The van der Waals surface area contributed by atoms with Crippen LogP contribution in [-0.2, 0) is 6.42 Å². The van der Waals surface area contributed by atoms with Gasteiger partial charge in [0.25, 0.3) is 0 Å². The summed E-state index contributed by atoms with van der Waals surface area (Å²) in [5.41, 5.74) is 4.96. The molecule has 0 aliphatic heterocycles. The van der Waals surface area contributed by atoms with E-state index < -0.39 is 0 Å². The average molecular weight is 282 g/mol. The van der Waals surface area contributed by atoms with Gasteiger partial charge >= 0.3 is 0 Å². The Balaban J connectivity index is 2.53. The highest BCUT2D eigenvalue weighted by Crippen LogP contribution is 2.30. The Kier molecular flexibility index (Phi) is 4.69. The highest BCUT2D eigenvalue weighted by molar-refractivity contribution is 5.71.